The van der Waals surface area contributed by atoms with Crippen LogP contribution in [0, 0.1) is 0 Å². The molecule has 52 heavy (non-hydrogen) atoms. The first-order valence-corrected chi connectivity index (χ1v) is 16.3. The number of rotatable bonds is 10. The van der Waals surface area contributed by atoms with Gasteiger partial charge in [0.1, 0.15) is 6.10 Å². The molecule has 262 valence electrons. The Bertz CT molecular complexity index is 1870. The molecular weight excluding hydrogens is 668 g/mol. The Kier molecular flexibility index (Phi) is 11.1. The second-order valence-electron chi connectivity index (χ2n) is 11.7. The summed E-state index contributed by atoms with van der Waals surface area (Å²) in [4.78, 5) is 68.1. The highest BCUT2D eigenvalue weighted by molar-refractivity contribution is 5.92. The monoisotopic (exact) mass is 700 g/mol. The van der Waals surface area contributed by atoms with Gasteiger partial charge in [0.25, 0.3) is 0 Å². The Labute approximate surface area is 298 Å². The number of carbonyl (C=O) groups is 5. The maximum Gasteiger partial charge on any atom is 0.338 e. The third-order valence-electron chi connectivity index (χ3n) is 8.23. The van der Waals surface area contributed by atoms with E-state index in [0.717, 1.165) is 0 Å². The summed E-state index contributed by atoms with van der Waals surface area (Å²) in [5, 5.41) is 12.0. The van der Waals surface area contributed by atoms with Crippen LogP contribution in [0.25, 0.3) is 0 Å². The average molecular weight is 701 g/mol. The van der Waals surface area contributed by atoms with Crippen LogP contribution in [0.5, 0.6) is 0 Å². The van der Waals surface area contributed by atoms with Gasteiger partial charge in [0, 0.05) is 0 Å². The van der Waals surface area contributed by atoms with Gasteiger partial charge in [-0.15, -0.1) is 0 Å². The van der Waals surface area contributed by atoms with Crippen LogP contribution in [0.15, 0.2) is 152 Å². The molecule has 11 nitrogen and oxygen atoms in total. The van der Waals surface area contributed by atoms with E-state index in [-0.39, 0.29) is 27.8 Å². The Morgan fingerprint density at radius 3 is 0.692 bits per heavy atom. The van der Waals surface area contributed by atoms with E-state index in [0.29, 0.717) is 0 Å². The molecule has 5 aromatic carbocycles. The second-order valence-corrected chi connectivity index (χ2v) is 11.7. The van der Waals surface area contributed by atoms with Crippen LogP contribution in [0.4, 0.5) is 0 Å². The minimum absolute atomic E-state index is 0.0746. The van der Waals surface area contributed by atoms with E-state index in [1.807, 2.05) is 0 Å². The van der Waals surface area contributed by atoms with Gasteiger partial charge in [-0.3, -0.25) is 0 Å². The molecule has 2 unspecified atom stereocenters. The molecule has 5 aromatic rings. The minimum Gasteiger partial charge on any atom is -0.452 e. The molecule has 0 aromatic heterocycles. The van der Waals surface area contributed by atoms with Crippen molar-refractivity contribution in [3.05, 3.63) is 179 Å². The lowest BCUT2D eigenvalue weighted by Crippen LogP contribution is -2.68. The van der Waals surface area contributed by atoms with Gasteiger partial charge in [0.2, 0.25) is 0 Å². The predicted octanol–water partition coefficient (Wildman–Crippen LogP) is 5.49. The van der Waals surface area contributed by atoms with Crippen molar-refractivity contribution in [3.8, 4) is 0 Å². The summed E-state index contributed by atoms with van der Waals surface area (Å²) in [5.41, 5.74) is 0.389. The summed E-state index contributed by atoms with van der Waals surface area (Å²) in [5.74, 6) is -4.69. The lowest BCUT2D eigenvalue weighted by molar-refractivity contribution is -0.223. The molecule has 6 atom stereocenters. The van der Waals surface area contributed by atoms with Gasteiger partial charge in [0.15, 0.2) is 30.5 Å². The first-order valence-electron chi connectivity index (χ1n) is 16.3. The zero-order valence-corrected chi connectivity index (χ0v) is 27.4. The smallest absolute Gasteiger partial charge is 0.338 e. The van der Waals surface area contributed by atoms with Gasteiger partial charge in [-0.1, -0.05) is 91.0 Å². The van der Waals surface area contributed by atoms with Crippen molar-refractivity contribution in [2.75, 3.05) is 0 Å². The SMILES string of the molecule is O=C(OC1[C@@H](OC(=O)c2ccccc2)[C@H](OC(=O)c2ccccc2)C(O)[C@H](OC(=O)c2ccccc2)[C@@H]1OC(=O)c1ccccc1)c1ccccc1. The van der Waals surface area contributed by atoms with E-state index < -0.39 is 66.5 Å². The minimum atomic E-state index is -1.99. The first kappa shape index (κ1) is 35.2. The van der Waals surface area contributed by atoms with Gasteiger partial charge in [-0.2, -0.15) is 0 Å². The fraction of sp³-hybridized carbons (Fsp3) is 0.146. The fourth-order valence-electron chi connectivity index (χ4n) is 5.64. The maximum atomic E-state index is 13.7. The zero-order chi connectivity index (χ0) is 36.5. The molecule has 0 amide bonds. The zero-order valence-electron chi connectivity index (χ0n) is 27.4. The summed E-state index contributed by atoms with van der Waals surface area (Å²) in [6.07, 6.45) is -11.1. The Morgan fingerprint density at radius 1 is 0.308 bits per heavy atom. The molecular formula is C41H32O11. The molecule has 1 aliphatic rings. The van der Waals surface area contributed by atoms with Crippen LogP contribution in [-0.4, -0.2) is 71.6 Å². The van der Waals surface area contributed by atoms with Crippen LogP contribution < -0.4 is 0 Å². The van der Waals surface area contributed by atoms with Crippen molar-refractivity contribution in [3.63, 3.8) is 0 Å². The van der Waals surface area contributed by atoms with Crippen molar-refractivity contribution in [1.29, 1.82) is 0 Å². The molecule has 0 saturated heterocycles. The predicted molar refractivity (Wildman–Crippen MR) is 184 cm³/mol. The number of hydrogen-bond donors (Lipinski definition) is 1. The number of carbonyl (C=O) groups excluding carboxylic acids is 5. The number of benzene rings is 5. The van der Waals surface area contributed by atoms with Crippen molar-refractivity contribution in [1.82, 2.24) is 0 Å². The van der Waals surface area contributed by atoms with Crippen LogP contribution in [0.1, 0.15) is 51.8 Å². The molecule has 0 heterocycles. The third kappa shape index (κ3) is 8.23. The number of ether oxygens (including phenoxy) is 5. The van der Waals surface area contributed by atoms with Crippen molar-refractivity contribution < 1.29 is 52.8 Å². The highest BCUT2D eigenvalue weighted by Gasteiger charge is 2.59. The summed E-state index contributed by atoms with van der Waals surface area (Å²) in [7, 11) is 0. The molecule has 0 aliphatic heterocycles. The number of esters is 5. The molecule has 1 saturated carbocycles. The van der Waals surface area contributed by atoms with Crippen molar-refractivity contribution in [2.24, 2.45) is 0 Å². The number of aliphatic hydroxyl groups excluding tert-OH is 1. The largest absolute Gasteiger partial charge is 0.452 e. The molecule has 0 radical (unpaired) electrons. The standard InChI is InChI=1S/C41H32O11/c42-31-32(48-37(43)26-16-6-1-7-17-26)34(50-39(45)28-20-10-3-11-21-28)36(52-41(47)30-24-14-5-15-25-30)35(51-40(46)29-22-12-4-13-23-29)33(31)49-38(44)27-18-8-2-9-19-27/h1-25,31-36,42H/t31?,32-,33+,34-,35-,36?/m0/s1. The van der Waals surface area contributed by atoms with E-state index in [1.54, 1.807) is 91.0 Å². The van der Waals surface area contributed by atoms with Crippen LogP contribution in [0.3, 0.4) is 0 Å². The molecule has 0 spiro atoms. The number of aliphatic hydroxyl groups is 1. The van der Waals surface area contributed by atoms with E-state index in [1.165, 1.54) is 60.7 Å². The van der Waals surface area contributed by atoms with E-state index in [4.69, 9.17) is 23.7 Å². The molecule has 1 fully saturated rings. The Balaban J connectivity index is 1.47. The fourth-order valence-corrected chi connectivity index (χ4v) is 5.64. The van der Waals surface area contributed by atoms with Crippen LogP contribution in [-0.2, 0) is 23.7 Å². The second kappa shape index (κ2) is 16.4. The Morgan fingerprint density at radius 2 is 0.481 bits per heavy atom. The summed E-state index contributed by atoms with van der Waals surface area (Å²) >= 11 is 0. The van der Waals surface area contributed by atoms with Gasteiger partial charge in [-0.25, -0.2) is 24.0 Å². The molecule has 1 aliphatic carbocycles. The van der Waals surface area contributed by atoms with E-state index >= 15 is 0 Å². The van der Waals surface area contributed by atoms with Gasteiger partial charge >= 0.3 is 29.8 Å². The van der Waals surface area contributed by atoms with Crippen LogP contribution >= 0.6 is 0 Å². The van der Waals surface area contributed by atoms with Crippen molar-refractivity contribution >= 4 is 29.8 Å². The van der Waals surface area contributed by atoms with Gasteiger partial charge in [-0.05, 0) is 60.7 Å². The molecule has 0 bridgehead atoms. The lowest BCUT2D eigenvalue weighted by Gasteiger charge is -2.46. The van der Waals surface area contributed by atoms with E-state index in [2.05, 4.69) is 0 Å². The maximum absolute atomic E-state index is 13.7. The summed E-state index contributed by atoms with van der Waals surface area (Å²) in [6.45, 7) is 0. The molecule has 6 rings (SSSR count). The average Bonchev–Trinajstić information content (AvgIpc) is 3.20. The highest BCUT2D eigenvalue weighted by Crippen LogP contribution is 2.35. The van der Waals surface area contributed by atoms with Crippen LogP contribution in [0.2, 0.25) is 0 Å². The lowest BCUT2D eigenvalue weighted by atomic mass is 9.83. The van der Waals surface area contributed by atoms with Crippen molar-refractivity contribution in [2.45, 2.75) is 36.6 Å². The summed E-state index contributed by atoms with van der Waals surface area (Å²) < 4.78 is 29.5. The first-order chi connectivity index (χ1) is 25.3. The number of hydrogen-bond acceptors (Lipinski definition) is 11. The third-order valence-corrected chi connectivity index (χ3v) is 8.23. The molecule has 1 N–H and O–H groups in total. The Hall–Kier alpha value is -6.59. The topological polar surface area (TPSA) is 152 Å². The molecule has 11 heteroatoms. The quantitative estimate of drug-likeness (QED) is 0.146. The summed E-state index contributed by atoms with van der Waals surface area (Å²) in [6, 6.07) is 39.0. The van der Waals surface area contributed by atoms with Gasteiger partial charge < -0.3 is 28.8 Å². The van der Waals surface area contributed by atoms with Gasteiger partial charge in [0.05, 0.1) is 27.8 Å². The van der Waals surface area contributed by atoms with E-state index in [9.17, 15) is 29.1 Å². The normalized spacial score (nSPS) is 20.8. The highest BCUT2D eigenvalue weighted by atomic mass is 16.7.